The van der Waals surface area contributed by atoms with Crippen molar-refractivity contribution in [3.05, 3.63) is 97.1 Å². The molecule has 0 bridgehead atoms. The van der Waals surface area contributed by atoms with Gasteiger partial charge in [-0.3, -0.25) is 0 Å². The largest absolute Gasteiger partial charge is 0.488 e. The van der Waals surface area contributed by atoms with Crippen LogP contribution in [0.3, 0.4) is 0 Å². The Morgan fingerprint density at radius 3 is 1.12 bits per heavy atom. The molecule has 0 aliphatic carbocycles. The summed E-state index contributed by atoms with van der Waals surface area (Å²) in [7, 11) is -3.16. The minimum Gasteiger partial charge on any atom is -0.423 e. The maximum Gasteiger partial charge on any atom is 0.488 e. The lowest BCUT2D eigenvalue weighted by Crippen LogP contribution is -2.30. The van der Waals surface area contributed by atoms with Gasteiger partial charge in [-0.25, -0.2) is 0 Å². The zero-order valence-corrected chi connectivity index (χ0v) is 17.2. The Morgan fingerprint density at radius 2 is 0.781 bits per heavy atom. The van der Waals surface area contributed by atoms with Crippen molar-refractivity contribution in [2.75, 3.05) is 0 Å². The average Bonchev–Trinajstić information content (AvgIpc) is 2.82. The molecule has 0 amide bonds. The van der Waals surface area contributed by atoms with Gasteiger partial charge in [-0.15, -0.1) is 0 Å². The highest BCUT2D eigenvalue weighted by Crippen LogP contribution is 2.42. The summed E-state index contributed by atoms with van der Waals surface area (Å²) < 4.78 is 0. The van der Waals surface area contributed by atoms with Crippen LogP contribution in [0.5, 0.6) is 0 Å². The standard InChI is InChI=1S/C26H20B2O4/c29-27(30)19-12-14-22-23(15-19)25(17-7-3-1-4-8-17)21-13-11-20(28(31)32)16-24(21)26(22)18-9-5-2-6-10-18/h1-16,29-32H. The molecule has 0 unspecified atom stereocenters. The zero-order chi connectivity index (χ0) is 22.2. The summed E-state index contributed by atoms with van der Waals surface area (Å²) in [5.74, 6) is 0. The molecule has 5 rings (SSSR count). The SMILES string of the molecule is OB(O)c1ccc2c(-c3ccccc3)c3cc(B(O)O)ccc3c(-c3ccccc3)c2c1. The first-order valence-corrected chi connectivity index (χ1v) is 10.4. The highest BCUT2D eigenvalue weighted by atomic mass is 16.4. The van der Waals surface area contributed by atoms with E-state index in [4.69, 9.17) is 0 Å². The predicted octanol–water partition coefficient (Wildman–Crippen LogP) is 2.69. The second-order valence-electron chi connectivity index (χ2n) is 7.84. The van der Waals surface area contributed by atoms with Crippen LogP contribution in [0.15, 0.2) is 97.1 Å². The Balaban J connectivity index is 2.02. The van der Waals surface area contributed by atoms with E-state index in [0.29, 0.717) is 10.9 Å². The minimum absolute atomic E-state index is 0.412. The van der Waals surface area contributed by atoms with Gasteiger partial charge in [-0.1, -0.05) is 97.1 Å². The maximum absolute atomic E-state index is 9.84. The molecule has 0 radical (unpaired) electrons. The quantitative estimate of drug-likeness (QED) is 0.267. The van der Waals surface area contributed by atoms with Gasteiger partial charge in [-0.2, -0.15) is 0 Å². The van der Waals surface area contributed by atoms with Crippen molar-refractivity contribution < 1.29 is 20.1 Å². The van der Waals surface area contributed by atoms with Gasteiger partial charge in [0.05, 0.1) is 0 Å². The van der Waals surface area contributed by atoms with E-state index in [0.717, 1.165) is 43.8 Å². The lowest BCUT2D eigenvalue weighted by molar-refractivity contribution is 0.424. The third kappa shape index (κ3) is 3.49. The third-order valence-corrected chi connectivity index (χ3v) is 5.89. The van der Waals surface area contributed by atoms with Crippen LogP contribution in [0.25, 0.3) is 43.8 Å². The molecule has 0 aliphatic rings. The molecule has 154 valence electrons. The van der Waals surface area contributed by atoms with Gasteiger partial charge in [0.15, 0.2) is 0 Å². The Hall–Kier alpha value is -3.41. The van der Waals surface area contributed by atoms with Crippen molar-refractivity contribution in [3.8, 4) is 22.3 Å². The lowest BCUT2D eigenvalue weighted by atomic mass is 9.75. The van der Waals surface area contributed by atoms with Crippen LogP contribution in [0, 0.1) is 0 Å². The molecule has 0 aliphatic heterocycles. The maximum atomic E-state index is 9.84. The number of fused-ring (bicyclic) bond motifs is 2. The molecule has 5 aromatic carbocycles. The van der Waals surface area contributed by atoms with Crippen molar-refractivity contribution in [1.29, 1.82) is 0 Å². The Morgan fingerprint density at radius 1 is 0.406 bits per heavy atom. The summed E-state index contributed by atoms with van der Waals surface area (Å²) in [4.78, 5) is 0. The smallest absolute Gasteiger partial charge is 0.423 e. The molecule has 0 atom stereocenters. The van der Waals surface area contributed by atoms with Crippen LogP contribution < -0.4 is 10.9 Å². The molecule has 6 heteroatoms. The molecule has 0 saturated heterocycles. The van der Waals surface area contributed by atoms with Crippen molar-refractivity contribution >= 4 is 46.7 Å². The van der Waals surface area contributed by atoms with Gasteiger partial charge < -0.3 is 20.1 Å². The summed E-state index contributed by atoms with van der Waals surface area (Å²) >= 11 is 0. The molecule has 0 saturated carbocycles. The fraction of sp³-hybridized carbons (Fsp3) is 0. The van der Waals surface area contributed by atoms with Crippen LogP contribution in [0.1, 0.15) is 0 Å². The van der Waals surface area contributed by atoms with Crippen molar-refractivity contribution in [3.63, 3.8) is 0 Å². The van der Waals surface area contributed by atoms with Crippen LogP contribution in [-0.4, -0.2) is 34.3 Å². The highest BCUT2D eigenvalue weighted by molar-refractivity contribution is 6.59. The van der Waals surface area contributed by atoms with Gasteiger partial charge in [-0.05, 0) is 54.7 Å². The van der Waals surface area contributed by atoms with E-state index in [1.165, 1.54) is 0 Å². The highest BCUT2D eigenvalue weighted by Gasteiger charge is 2.21. The van der Waals surface area contributed by atoms with Gasteiger partial charge >= 0.3 is 14.2 Å². The van der Waals surface area contributed by atoms with E-state index in [1.54, 1.807) is 12.1 Å². The fourth-order valence-corrected chi connectivity index (χ4v) is 4.42. The number of benzene rings is 5. The number of hydrogen-bond donors (Lipinski definition) is 4. The molecular formula is C26H20B2O4. The van der Waals surface area contributed by atoms with Gasteiger partial charge in [0, 0.05) is 0 Å². The summed E-state index contributed by atoms with van der Waals surface area (Å²) in [6.07, 6.45) is 0. The molecule has 4 nitrogen and oxygen atoms in total. The molecule has 0 aromatic heterocycles. The first-order chi connectivity index (χ1) is 15.5. The Labute approximate surface area is 186 Å². The normalized spacial score (nSPS) is 11.1. The van der Waals surface area contributed by atoms with Crippen LogP contribution in [-0.2, 0) is 0 Å². The van der Waals surface area contributed by atoms with Crippen LogP contribution in [0.2, 0.25) is 0 Å². The summed E-state index contributed by atoms with van der Waals surface area (Å²) in [6.45, 7) is 0. The average molecular weight is 418 g/mol. The summed E-state index contributed by atoms with van der Waals surface area (Å²) in [5, 5.41) is 43.0. The van der Waals surface area contributed by atoms with Gasteiger partial charge in [0.25, 0.3) is 0 Å². The molecule has 0 spiro atoms. The zero-order valence-electron chi connectivity index (χ0n) is 17.2. The van der Waals surface area contributed by atoms with Crippen LogP contribution >= 0.6 is 0 Å². The molecule has 32 heavy (non-hydrogen) atoms. The van der Waals surface area contributed by atoms with Crippen molar-refractivity contribution in [2.45, 2.75) is 0 Å². The molecule has 0 heterocycles. The third-order valence-electron chi connectivity index (χ3n) is 5.89. The summed E-state index contributed by atoms with van der Waals surface area (Å²) in [6, 6.07) is 30.7. The van der Waals surface area contributed by atoms with E-state index >= 15 is 0 Å². The summed E-state index contributed by atoms with van der Waals surface area (Å²) in [5.41, 5.74) is 4.72. The van der Waals surface area contributed by atoms with Crippen molar-refractivity contribution in [2.24, 2.45) is 0 Å². The van der Waals surface area contributed by atoms with E-state index < -0.39 is 14.2 Å². The van der Waals surface area contributed by atoms with E-state index in [9.17, 15) is 20.1 Å². The van der Waals surface area contributed by atoms with E-state index in [1.807, 2.05) is 84.9 Å². The monoisotopic (exact) mass is 418 g/mol. The predicted molar refractivity (Wildman–Crippen MR) is 132 cm³/mol. The molecule has 5 aromatic rings. The first kappa shape index (κ1) is 20.5. The molecular weight excluding hydrogens is 398 g/mol. The first-order valence-electron chi connectivity index (χ1n) is 10.4. The minimum atomic E-state index is -1.58. The fourth-order valence-electron chi connectivity index (χ4n) is 4.42. The Bertz CT molecular complexity index is 1310. The van der Waals surface area contributed by atoms with Crippen molar-refractivity contribution in [1.82, 2.24) is 0 Å². The topological polar surface area (TPSA) is 80.9 Å². The molecule has 0 fully saturated rings. The second-order valence-corrected chi connectivity index (χ2v) is 7.84. The molecule has 4 N–H and O–H groups in total. The van der Waals surface area contributed by atoms with Crippen LogP contribution in [0.4, 0.5) is 0 Å². The van der Waals surface area contributed by atoms with E-state index in [-0.39, 0.29) is 0 Å². The van der Waals surface area contributed by atoms with E-state index in [2.05, 4.69) is 0 Å². The van der Waals surface area contributed by atoms with Gasteiger partial charge in [0.1, 0.15) is 0 Å². The Kier molecular flexibility index (Phi) is 5.29. The number of hydrogen-bond acceptors (Lipinski definition) is 4. The number of rotatable bonds is 4. The second kappa shape index (κ2) is 8.26. The van der Waals surface area contributed by atoms with Gasteiger partial charge in [0.2, 0.25) is 0 Å². The lowest BCUT2D eigenvalue weighted by Gasteiger charge is -2.19.